The van der Waals surface area contributed by atoms with Crippen LogP contribution in [-0.4, -0.2) is 46.4 Å². The van der Waals surface area contributed by atoms with Crippen LogP contribution in [0.2, 0.25) is 0 Å². The van der Waals surface area contributed by atoms with Crippen molar-refractivity contribution in [1.82, 2.24) is 10.6 Å². The quantitative estimate of drug-likeness (QED) is 0.567. The Labute approximate surface area is 163 Å². The molecule has 150 valence electrons. The number of methoxy groups -OCH3 is 1. The minimum Gasteiger partial charge on any atom is -0.497 e. The number of guanidine groups is 1. The van der Waals surface area contributed by atoms with Crippen molar-refractivity contribution in [2.24, 2.45) is 10.4 Å². The Balaban J connectivity index is 1.64. The number of nitrogens with one attached hydrogen (secondary N) is 2. The largest absolute Gasteiger partial charge is 0.497 e. The number of benzene rings is 1. The second-order valence-electron chi connectivity index (χ2n) is 8.11. The Morgan fingerprint density at radius 3 is 2.26 bits per heavy atom. The van der Waals surface area contributed by atoms with Gasteiger partial charge in [-0.15, -0.1) is 0 Å². The zero-order valence-corrected chi connectivity index (χ0v) is 17.1. The molecule has 0 spiro atoms. The van der Waals surface area contributed by atoms with Crippen molar-refractivity contribution < 1.29 is 9.47 Å². The van der Waals surface area contributed by atoms with E-state index in [1.807, 2.05) is 7.05 Å². The number of hydrogen-bond acceptors (Lipinski definition) is 3. The second-order valence-corrected chi connectivity index (χ2v) is 8.11. The summed E-state index contributed by atoms with van der Waals surface area (Å²) < 4.78 is 11.0. The van der Waals surface area contributed by atoms with Gasteiger partial charge in [0.25, 0.3) is 0 Å². The first kappa shape index (κ1) is 20.0. The molecule has 2 aliphatic rings. The van der Waals surface area contributed by atoms with E-state index >= 15 is 0 Å². The van der Waals surface area contributed by atoms with E-state index in [0.717, 1.165) is 50.9 Å². The molecule has 0 amide bonds. The van der Waals surface area contributed by atoms with Crippen LogP contribution in [0.3, 0.4) is 0 Å². The zero-order valence-electron chi connectivity index (χ0n) is 17.1. The van der Waals surface area contributed by atoms with Crippen LogP contribution < -0.4 is 15.4 Å². The number of nitrogens with zero attached hydrogens (tertiary/aromatic N) is 1. The van der Waals surface area contributed by atoms with Gasteiger partial charge < -0.3 is 20.1 Å². The molecule has 0 aromatic heterocycles. The van der Waals surface area contributed by atoms with Crippen LogP contribution >= 0.6 is 0 Å². The van der Waals surface area contributed by atoms with Crippen LogP contribution in [0.5, 0.6) is 5.75 Å². The summed E-state index contributed by atoms with van der Waals surface area (Å²) in [6.45, 7) is 5.79. The van der Waals surface area contributed by atoms with Gasteiger partial charge in [-0.05, 0) is 55.2 Å². The fourth-order valence-corrected chi connectivity index (χ4v) is 4.35. The summed E-state index contributed by atoms with van der Waals surface area (Å²) >= 11 is 0. The smallest absolute Gasteiger partial charge is 0.191 e. The third-order valence-electron chi connectivity index (χ3n) is 6.77. The number of aliphatic imine (C=N–C) groups is 1. The van der Waals surface area contributed by atoms with Gasteiger partial charge in [0, 0.05) is 38.8 Å². The third kappa shape index (κ3) is 4.57. The summed E-state index contributed by atoms with van der Waals surface area (Å²) in [5.74, 6) is 1.81. The molecule has 3 rings (SSSR count). The van der Waals surface area contributed by atoms with E-state index < -0.39 is 0 Å². The van der Waals surface area contributed by atoms with Crippen molar-refractivity contribution in [3.05, 3.63) is 29.8 Å². The van der Waals surface area contributed by atoms with E-state index in [0.29, 0.717) is 5.41 Å². The molecule has 5 heteroatoms. The molecule has 0 bridgehead atoms. The molecule has 2 fully saturated rings. The molecule has 1 aromatic rings. The van der Waals surface area contributed by atoms with Crippen molar-refractivity contribution in [2.75, 3.05) is 40.5 Å². The van der Waals surface area contributed by atoms with Crippen molar-refractivity contribution in [3.63, 3.8) is 0 Å². The van der Waals surface area contributed by atoms with Crippen molar-refractivity contribution >= 4 is 5.96 Å². The van der Waals surface area contributed by atoms with Crippen molar-refractivity contribution in [1.29, 1.82) is 0 Å². The molecule has 5 nitrogen and oxygen atoms in total. The Morgan fingerprint density at radius 2 is 1.74 bits per heavy atom. The molecule has 2 N–H and O–H groups in total. The van der Waals surface area contributed by atoms with Gasteiger partial charge in [-0.3, -0.25) is 4.99 Å². The molecular formula is C22H35N3O2. The van der Waals surface area contributed by atoms with Gasteiger partial charge in [-0.2, -0.15) is 0 Å². The molecule has 0 atom stereocenters. The van der Waals surface area contributed by atoms with Gasteiger partial charge in [-0.1, -0.05) is 25.5 Å². The SMILES string of the molecule is CCC1(CNC(=NC)NCC2(c3ccc(OC)cc3)CCOCC2)CCC1. The molecule has 1 aromatic carbocycles. The van der Waals surface area contributed by atoms with Crippen LogP contribution in [0.15, 0.2) is 29.3 Å². The minimum absolute atomic E-state index is 0.0705. The molecule has 1 saturated carbocycles. The maximum atomic E-state index is 5.65. The Bertz CT molecular complexity index is 611. The van der Waals surface area contributed by atoms with Gasteiger partial charge >= 0.3 is 0 Å². The van der Waals surface area contributed by atoms with Gasteiger partial charge in [0.1, 0.15) is 5.75 Å². The van der Waals surface area contributed by atoms with Gasteiger partial charge in [-0.25, -0.2) is 0 Å². The number of ether oxygens (including phenoxy) is 2. The average molecular weight is 374 g/mol. The molecule has 1 aliphatic heterocycles. The van der Waals surface area contributed by atoms with Gasteiger partial charge in [0.05, 0.1) is 7.11 Å². The maximum Gasteiger partial charge on any atom is 0.191 e. The standard InChI is InChI=1S/C22H35N3O2/c1-4-21(10-5-11-21)16-24-20(23-2)25-17-22(12-14-27-15-13-22)18-6-8-19(26-3)9-7-18/h6-9H,4-5,10-17H2,1-3H3,(H2,23,24,25). The summed E-state index contributed by atoms with van der Waals surface area (Å²) in [7, 11) is 3.57. The highest BCUT2D eigenvalue weighted by Crippen LogP contribution is 2.43. The van der Waals surface area contributed by atoms with Crippen LogP contribution in [0.25, 0.3) is 0 Å². The monoisotopic (exact) mass is 373 g/mol. The van der Waals surface area contributed by atoms with Crippen LogP contribution in [0, 0.1) is 5.41 Å². The molecular weight excluding hydrogens is 338 g/mol. The van der Waals surface area contributed by atoms with E-state index in [1.165, 1.54) is 31.2 Å². The molecule has 1 aliphatic carbocycles. The van der Waals surface area contributed by atoms with E-state index in [1.54, 1.807) is 7.11 Å². The van der Waals surface area contributed by atoms with Crippen molar-refractivity contribution in [2.45, 2.75) is 50.9 Å². The zero-order chi connectivity index (χ0) is 19.2. The summed E-state index contributed by atoms with van der Waals surface area (Å²) in [5, 5.41) is 7.18. The summed E-state index contributed by atoms with van der Waals surface area (Å²) in [6.07, 6.45) is 7.30. The fraction of sp³-hybridized carbons (Fsp3) is 0.682. The Hall–Kier alpha value is -1.75. The maximum absolute atomic E-state index is 5.65. The lowest BCUT2D eigenvalue weighted by atomic mass is 9.67. The first-order valence-corrected chi connectivity index (χ1v) is 10.3. The lowest BCUT2D eigenvalue weighted by molar-refractivity contribution is 0.0513. The molecule has 1 saturated heterocycles. The summed E-state index contributed by atoms with van der Waals surface area (Å²) in [4.78, 5) is 4.46. The van der Waals surface area contributed by atoms with Crippen LogP contribution in [0.1, 0.15) is 51.0 Å². The Kier molecular flexibility index (Phi) is 6.64. The van der Waals surface area contributed by atoms with Crippen molar-refractivity contribution in [3.8, 4) is 5.75 Å². The van der Waals surface area contributed by atoms with Gasteiger partial charge in [0.2, 0.25) is 0 Å². The number of hydrogen-bond donors (Lipinski definition) is 2. The summed E-state index contributed by atoms with van der Waals surface area (Å²) in [6, 6.07) is 8.51. The molecule has 0 unspecified atom stereocenters. The molecule has 1 heterocycles. The fourth-order valence-electron chi connectivity index (χ4n) is 4.35. The lowest BCUT2D eigenvalue weighted by Crippen LogP contribution is -2.50. The Morgan fingerprint density at radius 1 is 1.07 bits per heavy atom. The predicted molar refractivity (Wildman–Crippen MR) is 111 cm³/mol. The predicted octanol–water partition coefficient (Wildman–Crippen LogP) is 3.49. The van der Waals surface area contributed by atoms with E-state index in [9.17, 15) is 0 Å². The minimum atomic E-state index is 0.0705. The first-order chi connectivity index (χ1) is 13.2. The lowest BCUT2D eigenvalue weighted by Gasteiger charge is -2.42. The molecule has 27 heavy (non-hydrogen) atoms. The van der Waals surface area contributed by atoms with Gasteiger partial charge in [0.15, 0.2) is 5.96 Å². The third-order valence-corrected chi connectivity index (χ3v) is 6.77. The highest BCUT2D eigenvalue weighted by Gasteiger charge is 2.36. The highest BCUT2D eigenvalue weighted by atomic mass is 16.5. The highest BCUT2D eigenvalue weighted by molar-refractivity contribution is 5.79. The number of rotatable bonds is 7. The second kappa shape index (κ2) is 8.96. The van der Waals surface area contributed by atoms with E-state index in [4.69, 9.17) is 9.47 Å². The first-order valence-electron chi connectivity index (χ1n) is 10.3. The van der Waals surface area contributed by atoms with E-state index in [-0.39, 0.29) is 5.41 Å². The normalized spacial score (nSPS) is 21.2. The van der Waals surface area contributed by atoms with E-state index in [2.05, 4.69) is 46.8 Å². The topological polar surface area (TPSA) is 54.9 Å². The molecule has 0 radical (unpaired) electrons. The average Bonchev–Trinajstić information content (AvgIpc) is 2.70. The van der Waals surface area contributed by atoms with Crippen LogP contribution in [0.4, 0.5) is 0 Å². The summed E-state index contributed by atoms with van der Waals surface area (Å²) in [5.41, 5.74) is 1.89. The van der Waals surface area contributed by atoms with Crippen LogP contribution in [-0.2, 0) is 10.2 Å².